The lowest BCUT2D eigenvalue weighted by atomic mass is 9.93. The van der Waals surface area contributed by atoms with Crippen molar-refractivity contribution in [2.75, 3.05) is 24.5 Å². The number of hydrogen-bond acceptors (Lipinski definition) is 3. The summed E-state index contributed by atoms with van der Waals surface area (Å²) >= 11 is 3.51. The van der Waals surface area contributed by atoms with E-state index in [0.717, 1.165) is 36.5 Å². The zero-order valence-corrected chi connectivity index (χ0v) is 13.0. The number of nitrogens with zero attached hydrogens (tertiary/aromatic N) is 2. The van der Waals surface area contributed by atoms with Crippen molar-refractivity contribution in [2.45, 2.75) is 33.7 Å². The molecule has 4 heteroatoms. The van der Waals surface area contributed by atoms with Gasteiger partial charge < -0.3 is 10.2 Å². The highest BCUT2D eigenvalue weighted by Gasteiger charge is 2.30. The molecular formula is C14H22BrN3. The molecule has 2 heterocycles. The summed E-state index contributed by atoms with van der Waals surface area (Å²) in [5.41, 5.74) is 1.69. The third-order valence-electron chi connectivity index (χ3n) is 3.45. The minimum Gasteiger partial charge on any atom is -0.356 e. The van der Waals surface area contributed by atoms with Gasteiger partial charge in [-0.15, -0.1) is 0 Å². The van der Waals surface area contributed by atoms with Crippen molar-refractivity contribution >= 4 is 21.7 Å². The number of pyridine rings is 1. The predicted molar refractivity (Wildman–Crippen MR) is 79.9 cm³/mol. The van der Waals surface area contributed by atoms with E-state index >= 15 is 0 Å². The van der Waals surface area contributed by atoms with Crippen LogP contribution in [0.4, 0.5) is 5.82 Å². The fourth-order valence-electron chi connectivity index (χ4n) is 2.44. The topological polar surface area (TPSA) is 28.2 Å². The monoisotopic (exact) mass is 311 g/mol. The lowest BCUT2D eigenvalue weighted by Crippen LogP contribution is -2.26. The molecule has 0 aliphatic carbocycles. The third kappa shape index (κ3) is 3.23. The normalized spacial score (nSPS) is 18.3. The first kappa shape index (κ1) is 13.8. The first-order chi connectivity index (χ1) is 8.52. The molecule has 1 aromatic heterocycles. The highest BCUT2D eigenvalue weighted by atomic mass is 79.9. The van der Waals surface area contributed by atoms with Crippen LogP contribution in [-0.4, -0.2) is 24.6 Å². The number of anilines is 1. The number of aromatic nitrogens is 1. The summed E-state index contributed by atoms with van der Waals surface area (Å²) in [5.74, 6) is 1.14. The van der Waals surface area contributed by atoms with Crippen LogP contribution in [0, 0.1) is 5.41 Å². The van der Waals surface area contributed by atoms with E-state index in [4.69, 9.17) is 0 Å². The van der Waals surface area contributed by atoms with Gasteiger partial charge in [0.25, 0.3) is 0 Å². The fourth-order valence-corrected chi connectivity index (χ4v) is 2.82. The molecule has 0 amide bonds. The van der Waals surface area contributed by atoms with Gasteiger partial charge in [-0.25, -0.2) is 4.98 Å². The molecule has 18 heavy (non-hydrogen) atoms. The van der Waals surface area contributed by atoms with Gasteiger partial charge in [-0.05, 0) is 40.4 Å². The Morgan fingerprint density at radius 1 is 1.50 bits per heavy atom. The van der Waals surface area contributed by atoms with Crippen LogP contribution in [0.2, 0.25) is 0 Å². The van der Waals surface area contributed by atoms with Crippen LogP contribution >= 0.6 is 15.9 Å². The Bertz CT molecular complexity index is 418. The highest BCUT2D eigenvalue weighted by molar-refractivity contribution is 9.10. The molecule has 1 N–H and O–H groups in total. The Labute approximate surface area is 118 Å². The van der Waals surface area contributed by atoms with E-state index in [-0.39, 0.29) is 0 Å². The Hall–Kier alpha value is -0.610. The summed E-state index contributed by atoms with van der Waals surface area (Å²) in [6, 6.07) is 2.18. The number of hydrogen-bond donors (Lipinski definition) is 1. The van der Waals surface area contributed by atoms with Crippen molar-refractivity contribution in [1.29, 1.82) is 0 Å². The smallest absolute Gasteiger partial charge is 0.133 e. The Morgan fingerprint density at radius 3 is 2.89 bits per heavy atom. The van der Waals surface area contributed by atoms with Crippen LogP contribution in [0.5, 0.6) is 0 Å². The summed E-state index contributed by atoms with van der Waals surface area (Å²) < 4.78 is 1.05. The van der Waals surface area contributed by atoms with E-state index in [1.54, 1.807) is 0 Å². The molecule has 0 aromatic carbocycles. The van der Waals surface area contributed by atoms with Gasteiger partial charge in [-0.1, -0.05) is 20.8 Å². The maximum absolute atomic E-state index is 4.62. The molecule has 1 aliphatic rings. The zero-order valence-electron chi connectivity index (χ0n) is 11.5. The van der Waals surface area contributed by atoms with Gasteiger partial charge >= 0.3 is 0 Å². The summed E-state index contributed by atoms with van der Waals surface area (Å²) in [6.07, 6.45) is 3.14. The van der Waals surface area contributed by atoms with Crippen molar-refractivity contribution in [3.8, 4) is 0 Å². The van der Waals surface area contributed by atoms with E-state index in [2.05, 4.69) is 58.0 Å². The first-order valence-corrected chi connectivity index (χ1v) is 7.41. The molecule has 0 atom stereocenters. The molecule has 0 radical (unpaired) electrons. The second-order valence-electron chi connectivity index (χ2n) is 5.75. The maximum Gasteiger partial charge on any atom is 0.133 e. The van der Waals surface area contributed by atoms with E-state index in [1.165, 1.54) is 12.0 Å². The highest BCUT2D eigenvalue weighted by Crippen LogP contribution is 2.33. The van der Waals surface area contributed by atoms with Crippen LogP contribution in [0.3, 0.4) is 0 Å². The standard InChI is InChI=1S/C14H22BrN3/c1-4-16-8-11-7-12(15)9-17-13(11)18-6-5-14(2,3)10-18/h7,9,16H,4-6,8,10H2,1-3H3. The van der Waals surface area contributed by atoms with Crippen molar-refractivity contribution < 1.29 is 0 Å². The van der Waals surface area contributed by atoms with Crippen LogP contribution in [0.15, 0.2) is 16.7 Å². The Morgan fingerprint density at radius 2 is 2.28 bits per heavy atom. The maximum atomic E-state index is 4.62. The fraction of sp³-hybridized carbons (Fsp3) is 0.643. The summed E-state index contributed by atoms with van der Waals surface area (Å²) in [6.45, 7) is 10.9. The van der Waals surface area contributed by atoms with E-state index in [1.807, 2.05) is 6.20 Å². The van der Waals surface area contributed by atoms with Crippen molar-refractivity contribution in [2.24, 2.45) is 5.41 Å². The van der Waals surface area contributed by atoms with E-state index in [9.17, 15) is 0 Å². The van der Waals surface area contributed by atoms with E-state index < -0.39 is 0 Å². The minimum atomic E-state index is 0.407. The molecule has 100 valence electrons. The molecule has 0 unspecified atom stereocenters. The quantitative estimate of drug-likeness (QED) is 0.925. The number of rotatable bonds is 4. The van der Waals surface area contributed by atoms with Gasteiger partial charge in [0.15, 0.2) is 0 Å². The van der Waals surface area contributed by atoms with Crippen LogP contribution in [0.25, 0.3) is 0 Å². The average Bonchev–Trinajstić information content (AvgIpc) is 2.67. The Balaban J connectivity index is 2.21. The van der Waals surface area contributed by atoms with Crippen LogP contribution in [-0.2, 0) is 6.54 Å². The van der Waals surface area contributed by atoms with Gasteiger partial charge in [-0.3, -0.25) is 0 Å². The number of nitrogens with one attached hydrogen (secondary N) is 1. The van der Waals surface area contributed by atoms with Crippen molar-refractivity contribution in [3.63, 3.8) is 0 Å². The molecule has 0 saturated carbocycles. The van der Waals surface area contributed by atoms with Crippen molar-refractivity contribution in [3.05, 3.63) is 22.3 Å². The molecule has 1 fully saturated rings. The summed E-state index contributed by atoms with van der Waals surface area (Å²) in [7, 11) is 0. The number of halogens is 1. The molecular weight excluding hydrogens is 290 g/mol. The largest absolute Gasteiger partial charge is 0.356 e. The predicted octanol–water partition coefficient (Wildman–Crippen LogP) is 3.19. The third-order valence-corrected chi connectivity index (χ3v) is 3.89. The van der Waals surface area contributed by atoms with E-state index in [0.29, 0.717) is 5.41 Å². The molecule has 1 saturated heterocycles. The lowest BCUT2D eigenvalue weighted by Gasteiger charge is -2.23. The van der Waals surface area contributed by atoms with Gasteiger partial charge in [0.1, 0.15) is 5.82 Å². The molecule has 1 aliphatic heterocycles. The molecule has 0 bridgehead atoms. The molecule has 1 aromatic rings. The van der Waals surface area contributed by atoms with Crippen LogP contribution in [0.1, 0.15) is 32.8 Å². The molecule has 2 rings (SSSR count). The minimum absolute atomic E-state index is 0.407. The lowest BCUT2D eigenvalue weighted by molar-refractivity contribution is 0.418. The van der Waals surface area contributed by atoms with Gasteiger partial charge in [0.2, 0.25) is 0 Å². The first-order valence-electron chi connectivity index (χ1n) is 6.62. The summed E-state index contributed by atoms with van der Waals surface area (Å²) in [4.78, 5) is 7.03. The SMILES string of the molecule is CCNCc1cc(Br)cnc1N1CCC(C)(C)C1. The van der Waals surface area contributed by atoms with Gasteiger partial charge in [0.05, 0.1) is 0 Å². The van der Waals surface area contributed by atoms with Gasteiger partial charge in [0, 0.05) is 35.9 Å². The Kier molecular flexibility index (Phi) is 4.28. The van der Waals surface area contributed by atoms with Crippen molar-refractivity contribution in [1.82, 2.24) is 10.3 Å². The second-order valence-corrected chi connectivity index (χ2v) is 6.67. The average molecular weight is 312 g/mol. The second kappa shape index (κ2) is 5.57. The summed E-state index contributed by atoms with van der Waals surface area (Å²) in [5, 5.41) is 3.39. The molecule has 3 nitrogen and oxygen atoms in total. The molecule has 0 spiro atoms. The van der Waals surface area contributed by atoms with Crippen LogP contribution < -0.4 is 10.2 Å². The van der Waals surface area contributed by atoms with Gasteiger partial charge in [-0.2, -0.15) is 0 Å². The zero-order chi connectivity index (χ0) is 13.2.